The fraction of sp³-hybridized carbons (Fsp3) is 0.350. The van der Waals surface area contributed by atoms with Crippen LogP contribution in [0.25, 0.3) is 11.0 Å². The van der Waals surface area contributed by atoms with Gasteiger partial charge in [-0.15, -0.1) is 0 Å². The highest BCUT2D eigenvalue weighted by atomic mass is 16.2. The molecular weight excluding hydrogens is 326 g/mol. The second-order valence-electron chi connectivity index (χ2n) is 6.93. The van der Waals surface area contributed by atoms with Crippen LogP contribution < -0.4 is 5.32 Å². The van der Waals surface area contributed by atoms with Gasteiger partial charge in [0.15, 0.2) is 0 Å². The van der Waals surface area contributed by atoms with Gasteiger partial charge < -0.3 is 10.2 Å². The maximum absolute atomic E-state index is 12.4. The SMILES string of the molecule is O=C(NCc1ccc2n[nH]nc2c1)N1CCC(Cc2ccccc2)CC1. The van der Waals surface area contributed by atoms with Crippen LogP contribution in [0.3, 0.4) is 0 Å². The lowest BCUT2D eigenvalue weighted by Crippen LogP contribution is -2.44. The molecule has 1 saturated heterocycles. The van der Waals surface area contributed by atoms with E-state index in [4.69, 9.17) is 0 Å². The fourth-order valence-electron chi connectivity index (χ4n) is 3.57. The summed E-state index contributed by atoms with van der Waals surface area (Å²) in [5, 5.41) is 13.7. The number of piperidine rings is 1. The Morgan fingerprint density at radius 2 is 1.81 bits per heavy atom. The molecule has 0 radical (unpaired) electrons. The highest BCUT2D eigenvalue weighted by molar-refractivity contribution is 5.76. The third kappa shape index (κ3) is 3.85. The Balaban J connectivity index is 1.25. The van der Waals surface area contributed by atoms with Gasteiger partial charge >= 0.3 is 6.03 Å². The van der Waals surface area contributed by atoms with Crippen LogP contribution in [0.15, 0.2) is 48.5 Å². The zero-order valence-electron chi connectivity index (χ0n) is 14.7. The predicted molar refractivity (Wildman–Crippen MR) is 101 cm³/mol. The van der Waals surface area contributed by atoms with Gasteiger partial charge in [0.25, 0.3) is 0 Å². The number of hydrogen-bond donors (Lipinski definition) is 2. The Hall–Kier alpha value is -2.89. The first-order valence-electron chi connectivity index (χ1n) is 9.14. The smallest absolute Gasteiger partial charge is 0.317 e. The molecule has 0 saturated carbocycles. The van der Waals surface area contributed by atoms with E-state index < -0.39 is 0 Å². The fourth-order valence-corrected chi connectivity index (χ4v) is 3.57. The molecule has 0 spiro atoms. The molecule has 1 fully saturated rings. The molecule has 1 aliphatic heterocycles. The van der Waals surface area contributed by atoms with Gasteiger partial charge in [0.2, 0.25) is 0 Å². The van der Waals surface area contributed by atoms with Crippen LogP contribution in [0.2, 0.25) is 0 Å². The minimum absolute atomic E-state index is 0.0170. The van der Waals surface area contributed by atoms with Crippen molar-refractivity contribution >= 4 is 17.1 Å². The molecule has 2 aromatic carbocycles. The Bertz CT molecular complexity index is 868. The van der Waals surface area contributed by atoms with E-state index in [2.05, 4.69) is 51.1 Å². The number of aromatic nitrogens is 3. The standard InChI is InChI=1S/C20H23N5O/c26-20(21-14-17-6-7-18-19(13-17)23-24-22-18)25-10-8-16(9-11-25)12-15-4-2-1-3-5-15/h1-7,13,16H,8-12,14H2,(H,21,26)(H,22,23,24). The number of amides is 2. The number of fused-ring (bicyclic) bond motifs is 1. The lowest BCUT2D eigenvalue weighted by Gasteiger charge is -2.32. The summed E-state index contributed by atoms with van der Waals surface area (Å²) in [6, 6.07) is 16.5. The van der Waals surface area contributed by atoms with Crippen molar-refractivity contribution in [3.63, 3.8) is 0 Å². The van der Waals surface area contributed by atoms with Gasteiger partial charge in [-0.3, -0.25) is 0 Å². The molecule has 2 heterocycles. The molecular formula is C20H23N5O. The molecule has 134 valence electrons. The molecule has 0 unspecified atom stereocenters. The van der Waals surface area contributed by atoms with E-state index in [1.807, 2.05) is 23.1 Å². The number of aromatic amines is 1. The Labute approximate surface area is 152 Å². The summed E-state index contributed by atoms with van der Waals surface area (Å²) in [6.07, 6.45) is 3.23. The summed E-state index contributed by atoms with van der Waals surface area (Å²) >= 11 is 0. The topological polar surface area (TPSA) is 73.9 Å². The van der Waals surface area contributed by atoms with Crippen LogP contribution in [0.4, 0.5) is 4.79 Å². The van der Waals surface area contributed by atoms with Crippen LogP contribution in [0.1, 0.15) is 24.0 Å². The molecule has 0 atom stereocenters. The summed E-state index contributed by atoms with van der Waals surface area (Å²) < 4.78 is 0. The number of H-pyrrole nitrogens is 1. The van der Waals surface area contributed by atoms with E-state index in [1.165, 1.54) is 5.56 Å². The maximum atomic E-state index is 12.4. The molecule has 3 aromatic rings. The molecule has 1 aromatic heterocycles. The van der Waals surface area contributed by atoms with Crippen molar-refractivity contribution in [3.8, 4) is 0 Å². The van der Waals surface area contributed by atoms with Crippen LogP contribution in [0.5, 0.6) is 0 Å². The zero-order valence-corrected chi connectivity index (χ0v) is 14.7. The molecule has 6 heteroatoms. The number of hydrogen-bond acceptors (Lipinski definition) is 3. The lowest BCUT2D eigenvalue weighted by atomic mass is 9.90. The number of nitrogens with zero attached hydrogens (tertiary/aromatic N) is 3. The van der Waals surface area contributed by atoms with E-state index in [0.29, 0.717) is 12.5 Å². The third-order valence-electron chi connectivity index (χ3n) is 5.09. The molecule has 2 N–H and O–H groups in total. The minimum Gasteiger partial charge on any atom is -0.334 e. The minimum atomic E-state index is 0.0170. The molecule has 0 aliphatic carbocycles. The summed E-state index contributed by atoms with van der Waals surface area (Å²) in [4.78, 5) is 14.4. The van der Waals surface area contributed by atoms with E-state index in [-0.39, 0.29) is 6.03 Å². The van der Waals surface area contributed by atoms with Crippen molar-refractivity contribution in [2.45, 2.75) is 25.8 Å². The van der Waals surface area contributed by atoms with Crippen molar-refractivity contribution in [1.29, 1.82) is 0 Å². The highest BCUT2D eigenvalue weighted by Gasteiger charge is 2.22. The van der Waals surface area contributed by atoms with Crippen molar-refractivity contribution in [2.24, 2.45) is 5.92 Å². The summed E-state index contributed by atoms with van der Waals surface area (Å²) in [7, 11) is 0. The zero-order chi connectivity index (χ0) is 17.8. The van der Waals surface area contributed by atoms with Gasteiger partial charge in [-0.25, -0.2) is 4.79 Å². The monoisotopic (exact) mass is 349 g/mol. The Kier molecular flexibility index (Phi) is 4.82. The average Bonchev–Trinajstić information content (AvgIpc) is 3.15. The van der Waals surface area contributed by atoms with Crippen LogP contribution in [-0.2, 0) is 13.0 Å². The maximum Gasteiger partial charge on any atom is 0.317 e. The van der Waals surface area contributed by atoms with Gasteiger partial charge in [0.05, 0.1) is 0 Å². The molecule has 0 bridgehead atoms. The molecule has 4 rings (SSSR count). The Morgan fingerprint density at radius 3 is 2.62 bits per heavy atom. The van der Waals surface area contributed by atoms with E-state index in [0.717, 1.165) is 48.9 Å². The number of benzene rings is 2. The predicted octanol–water partition coefficient (Wildman–Crippen LogP) is 3.12. The van der Waals surface area contributed by atoms with Gasteiger partial charge in [-0.2, -0.15) is 15.4 Å². The quantitative estimate of drug-likeness (QED) is 0.760. The lowest BCUT2D eigenvalue weighted by molar-refractivity contribution is 0.170. The van der Waals surface area contributed by atoms with E-state index >= 15 is 0 Å². The van der Waals surface area contributed by atoms with Crippen LogP contribution in [0, 0.1) is 5.92 Å². The molecule has 1 aliphatic rings. The molecule has 26 heavy (non-hydrogen) atoms. The van der Waals surface area contributed by atoms with Crippen molar-refractivity contribution in [2.75, 3.05) is 13.1 Å². The first kappa shape index (κ1) is 16.6. The summed E-state index contributed by atoms with van der Waals surface area (Å²) in [5.41, 5.74) is 4.07. The second kappa shape index (κ2) is 7.56. The van der Waals surface area contributed by atoms with Gasteiger partial charge in [0, 0.05) is 19.6 Å². The van der Waals surface area contributed by atoms with Gasteiger partial charge in [0.1, 0.15) is 11.0 Å². The first-order valence-corrected chi connectivity index (χ1v) is 9.14. The Morgan fingerprint density at radius 1 is 1.04 bits per heavy atom. The van der Waals surface area contributed by atoms with Crippen LogP contribution in [-0.4, -0.2) is 39.4 Å². The second-order valence-corrected chi connectivity index (χ2v) is 6.93. The number of carbonyl (C=O) groups is 1. The first-order chi connectivity index (χ1) is 12.8. The van der Waals surface area contributed by atoms with Gasteiger partial charge in [-0.1, -0.05) is 36.4 Å². The van der Waals surface area contributed by atoms with Crippen molar-refractivity contribution in [1.82, 2.24) is 25.6 Å². The van der Waals surface area contributed by atoms with Crippen molar-refractivity contribution in [3.05, 3.63) is 59.7 Å². The van der Waals surface area contributed by atoms with E-state index in [9.17, 15) is 4.79 Å². The third-order valence-corrected chi connectivity index (χ3v) is 5.09. The van der Waals surface area contributed by atoms with Crippen molar-refractivity contribution < 1.29 is 4.79 Å². The number of rotatable bonds is 4. The molecule has 6 nitrogen and oxygen atoms in total. The normalized spacial score (nSPS) is 15.3. The highest BCUT2D eigenvalue weighted by Crippen LogP contribution is 2.21. The van der Waals surface area contributed by atoms with Gasteiger partial charge in [-0.05, 0) is 48.4 Å². The van der Waals surface area contributed by atoms with Crippen LogP contribution >= 0.6 is 0 Å². The summed E-state index contributed by atoms with van der Waals surface area (Å²) in [6.45, 7) is 2.16. The van der Waals surface area contributed by atoms with E-state index in [1.54, 1.807) is 0 Å². The number of likely N-dealkylation sites (tertiary alicyclic amines) is 1. The molecule has 2 amide bonds. The number of nitrogens with one attached hydrogen (secondary N) is 2. The average molecular weight is 349 g/mol. The number of urea groups is 1. The number of carbonyl (C=O) groups excluding carboxylic acids is 1. The largest absolute Gasteiger partial charge is 0.334 e. The summed E-state index contributed by atoms with van der Waals surface area (Å²) in [5.74, 6) is 0.663.